The molecule has 1 saturated heterocycles. The number of hydrogen-bond acceptors (Lipinski definition) is 10. The third-order valence-corrected chi connectivity index (χ3v) is 13.4. The van der Waals surface area contributed by atoms with E-state index in [2.05, 4.69) is 38.8 Å². The van der Waals surface area contributed by atoms with Gasteiger partial charge < -0.3 is 39.6 Å². The number of aliphatic hydroxyl groups is 3. The number of nitrogen functional groups attached to an aromatic ring is 1. The Bertz CT molecular complexity index is 1030. The van der Waals surface area contributed by atoms with Gasteiger partial charge in [-0.25, -0.2) is 4.79 Å². The zero-order valence-corrected chi connectivity index (χ0v) is 24.2. The average Bonchev–Trinajstić information content (AvgIpc) is 3.00. The van der Waals surface area contributed by atoms with Crippen LogP contribution < -0.4 is 11.4 Å². The van der Waals surface area contributed by atoms with E-state index in [1.54, 1.807) is 13.8 Å². The fraction of sp³-hybridized carbons (Fsp3) is 0.818. The van der Waals surface area contributed by atoms with Crippen LogP contribution in [0.5, 0.6) is 0 Å². The predicted molar refractivity (Wildman–Crippen MR) is 137 cm³/mol. The number of nitrogens with zero attached hydrogens (tertiary/aromatic N) is 2. The predicted octanol–water partition coefficient (Wildman–Crippen LogP) is 2.07. The van der Waals surface area contributed by atoms with Crippen molar-refractivity contribution in [3.05, 3.63) is 22.2 Å². The number of hydrogen-bond donors (Lipinski definition) is 5. The first-order valence-corrected chi connectivity index (χ1v) is 16.5. The molecule has 2 rings (SSSR count). The van der Waals surface area contributed by atoms with E-state index in [-0.39, 0.29) is 30.3 Å². The highest BCUT2D eigenvalue weighted by Crippen LogP contribution is 2.52. The fourth-order valence-electron chi connectivity index (χ4n) is 3.48. The van der Waals surface area contributed by atoms with Gasteiger partial charge in [0.2, 0.25) is 0 Å². The Balaban J connectivity index is 2.29. The fourth-order valence-corrected chi connectivity index (χ4v) is 5.42. The van der Waals surface area contributed by atoms with Crippen LogP contribution >= 0.6 is 7.60 Å². The molecule has 208 valence electrons. The summed E-state index contributed by atoms with van der Waals surface area (Å²) in [6.45, 7) is 14.9. The van der Waals surface area contributed by atoms with Crippen molar-refractivity contribution in [1.29, 1.82) is 0 Å². The minimum atomic E-state index is -4.36. The quantitative estimate of drug-likeness (QED) is 0.212. The lowest BCUT2D eigenvalue weighted by Gasteiger charge is -2.36. The van der Waals surface area contributed by atoms with Crippen LogP contribution in [0.15, 0.2) is 11.0 Å². The summed E-state index contributed by atoms with van der Waals surface area (Å²) in [5, 5.41) is 30.9. The zero-order valence-electron chi connectivity index (χ0n) is 22.3. The molecule has 0 saturated carbocycles. The molecule has 1 fully saturated rings. The summed E-state index contributed by atoms with van der Waals surface area (Å²) in [7, 11) is -6.49. The van der Waals surface area contributed by atoms with E-state index in [4.69, 9.17) is 19.4 Å². The molecule has 1 aliphatic rings. The maximum atomic E-state index is 12.6. The highest BCUT2D eigenvalue weighted by Gasteiger charge is 2.48. The first kappa shape index (κ1) is 31.1. The Labute approximate surface area is 213 Å². The Morgan fingerprint density at radius 2 is 1.86 bits per heavy atom. The summed E-state index contributed by atoms with van der Waals surface area (Å²) in [5.74, 6) is -1.61. The van der Waals surface area contributed by atoms with E-state index < -0.39 is 57.6 Å². The van der Waals surface area contributed by atoms with Gasteiger partial charge in [-0.15, -0.1) is 0 Å². The van der Waals surface area contributed by atoms with Crippen molar-refractivity contribution in [2.45, 2.75) is 115 Å². The van der Waals surface area contributed by atoms with E-state index >= 15 is 0 Å². The molecule has 6 N–H and O–H groups in total. The molecular formula is C22H42N3O9PSi. The van der Waals surface area contributed by atoms with Crippen LogP contribution in [-0.2, 0) is 24.9 Å². The molecule has 0 aromatic carbocycles. The van der Waals surface area contributed by atoms with Crippen molar-refractivity contribution < 1.29 is 38.5 Å². The maximum Gasteiger partial charge on any atom is 0.356 e. The second kappa shape index (κ2) is 10.9. The molecule has 1 aliphatic heterocycles. The van der Waals surface area contributed by atoms with Crippen LogP contribution in [0, 0.1) is 0 Å². The van der Waals surface area contributed by atoms with Crippen LogP contribution in [-0.4, -0.2) is 67.8 Å². The van der Waals surface area contributed by atoms with E-state index in [1.807, 2.05) is 0 Å². The van der Waals surface area contributed by atoms with Crippen molar-refractivity contribution in [3.8, 4) is 0 Å². The van der Waals surface area contributed by atoms with E-state index in [9.17, 15) is 29.6 Å². The number of aromatic nitrogens is 2. The molecule has 1 aromatic heterocycles. The molecule has 14 heteroatoms. The van der Waals surface area contributed by atoms with Gasteiger partial charge in [-0.3, -0.25) is 9.13 Å². The summed E-state index contributed by atoms with van der Waals surface area (Å²) >= 11 is 0. The Morgan fingerprint density at radius 1 is 1.28 bits per heavy atom. The number of anilines is 1. The molecule has 1 aromatic rings. The second-order valence-corrected chi connectivity index (χ2v) is 18.1. The monoisotopic (exact) mass is 551 g/mol. The van der Waals surface area contributed by atoms with Crippen LogP contribution in [0.3, 0.4) is 0 Å². The smallest absolute Gasteiger partial charge is 0.356 e. The first-order chi connectivity index (χ1) is 16.2. The van der Waals surface area contributed by atoms with E-state index in [0.717, 1.165) is 11.5 Å². The van der Waals surface area contributed by atoms with Gasteiger partial charge in [-0.2, -0.15) is 4.98 Å². The number of ether oxygens (including phenoxy) is 1. The molecule has 0 amide bonds. The summed E-state index contributed by atoms with van der Waals surface area (Å²) in [4.78, 5) is 26.5. The molecule has 36 heavy (non-hydrogen) atoms. The van der Waals surface area contributed by atoms with Gasteiger partial charge in [0.05, 0.1) is 18.3 Å². The topological polar surface area (TPSA) is 187 Å². The largest absolute Gasteiger partial charge is 0.412 e. The van der Waals surface area contributed by atoms with Gasteiger partial charge in [0.15, 0.2) is 20.4 Å². The lowest BCUT2D eigenvalue weighted by molar-refractivity contribution is -0.0693. The normalized spacial score (nSPS) is 27.4. The highest BCUT2D eigenvalue weighted by molar-refractivity contribution is 7.53. The summed E-state index contributed by atoms with van der Waals surface area (Å²) in [5.41, 5.74) is 4.37. The van der Waals surface area contributed by atoms with Crippen molar-refractivity contribution in [2.75, 3.05) is 5.73 Å². The standard InChI is InChI=1S/C22H42N3O9PSi/c1-9-22(6,34-35(30,31)13(2)26)10-15-16(27)17(28)19(33-15)25-11-14(18(23)24-20(25)29)12-32-36(7,8)21(3,4)5/h11,13,15-17,19,26-28H,9-10,12H2,1-8H3,(H,30,31)(H2,23,24,29)/t13?,15-,16-,17-,19-,22?/m1/s1. The van der Waals surface area contributed by atoms with Crippen LogP contribution in [0.2, 0.25) is 18.1 Å². The lowest BCUT2D eigenvalue weighted by atomic mass is 9.93. The molecule has 0 aliphatic carbocycles. The SMILES string of the molecule is CCC(C)(C[C@H]1O[C@@H](n2cc(CO[Si](C)(C)C(C)(C)C)c(N)nc2=O)[C@H](O)[C@@H]1O)OP(=O)(O)C(C)O. The molecule has 7 atom stereocenters. The van der Waals surface area contributed by atoms with Crippen LogP contribution in [0.25, 0.3) is 0 Å². The van der Waals surface area contributed by atoms with Crippen molar-refractivity contribution in [3.63, 3.8) is 0 Å². The zero-order chi connectivity index (χ0) is 27.9. The molecule has 3 unspecified atom stereocenters. The molecule has 0 spiro atoms. The number of rotatable bonds is 10. The van der Waals surface area contributed by atoms with E-state index in [1.165, 1.54) is 6.20 Å². The summed E-state index contributed by atoms with van der Waals surface area (Å²) < 4.78 is 30.7. The van der Waals surface area contributed by atoms with Crippen molar-refractivity contribution in [1.82, 2.24) is 9.55 Å². The minimum Gasteiger partial charge on any atom is -0.412 e. The van der Waals surface area contributed by atoms with E-state index in [0.29, 0.717) is 5.56 Å². The maximum absolute atomic E-state index is 12.6. The number of nitrogens with two attached hydrogens (primary N) is 1. The van der Waals surface area contributed by atoms with Gasteiger partial charge in [-0.1, -0.05) is 27.7 Å². The number of aliphatic hydroxyl groups excluding tert-OH is 3. The third kappa shape index (κ3) is 6.83. The second-order valence-electron chi connectivity index (χ2n) is 11.2. The third-order valence-electron chi connectivity index (χ3n) is 7.27. The van der Waals surface area contributed by atoms with Gasteiger partial charge in [0, 0.05) is 18.2 Å². The lowest BCUT2D eigenvalue weighted by Crippen LogP contribution is -2.41. The Kier molecular flexibility index (Phi) is 9.42. The van der Waals surface area contributed by atoms with Crippen molar-refractivity contribution >= 4 is 21.7 Å². The Morgan fingerprint density at radius 3 is 2.36 bits per heavy atom. The van der Waals surface area contributed by atoms with Crippen molar-refractivity contribution in [2.24, 2.45) is 0 Å². The Hall–Kier alpha value is -1.15. The first-order valence-electron chi connectivity index (χ1n) is 12.0. The van der Waals surface area contributed by atoms with Crippen LogP contribution in [0.1, 0.15) is 66.2 Å². The highest BCUT2D eigenvalue weighted by atomic mass is 31.2. The molecule has 2 heterocycles. The van der Waals surface area contributed by atoms with Gasteiger partial charge in [0.1, 0.15) is 18.0 Å². The van der Waals surface area contributed by atoms with Gasteiger partial charge in [-0.05, 0) is 38.4 Å². The molecule has 0 bridgehead atoms. The minimum absolute atomic E-state index is 0.00308. The van der Waals surface area contributed by atoms with Gasteiger partial charge >= 0.3 is 13.3 Å². The molecule has 12 nitrogen and oxygen atoms in total. The molecule has 0 radical (unpaired) electrons. The summed E-state index contributed by atoms with van der Waals surface area (Å²) in [6.07, 6.45) is -3.68. The van der Waals surface area contributed by atoms with Gasteiger partial charge in [0.25, 0.3) is 0 Å². The molecular weight excluding hydrogens is 509 g/mol. The average molecular weight is 552 g/mol. The van der Waals surface area contributed by atoms with Crippen LogP contribution in [0.4, 0.5) is 5.82 Å². The summed E-state index contributed by atoms with van der Waals surface area (Å²) in [6, 6.07) is 0.